The van der Waals surface area contributed by atoms with E-state index in [9.17, 15) is 24.7 Å². The molecule has 0 saturated heterocycles. The highest BCUT2D eigenvalue weighted by Crippen LogP contribution is 2.43. The summed E-state index contributed by atoms with van der Waals surface area (Å²) in [6.07, 6.45) is 16.2. The third-order valence-corrected chi connectivity index (χ3v) is 8.16. The number of allylic oxidation sites excluding steroid dienone is 1. The zero-order valence-electron chi connectivity index (χ0n) is 26.4. The molecule has 5 N–H and O–H groups in total. The van der Waals surface area contributed by atoms with Crippen LogP contribution >= 0.6 is 7.82 Å². The van der Waals surface area contributed by atoms with Gasteiger partial charge in [-0.1, -0.05) is 69.9 Å². The molecule has 0 aliphatic heterocycles. The van der Waals surface area contributed by atoms with Crippen molar-refractivity contribution in [1.29, 1.82) is 0 Å². The Morgan fingerprint density at radius 1 is 1.02 bits per heavy atom. The molecule has 0 aliphatic carbocycles. The summed E-state index contributed by atoms with van der Waals surface area (Å²) in [5.41, 5.74) is 7.01. The van der Waals surface area contributed by atoms with Gasteiger partial charge in [0.05, 0.1) is 50.5 Å². The molecule has 1 unspecified atom stereocenters. The highest BCUT2D eigenvalue weighted by molar-refractivity contribution is 7.47. The number of nitrogens with one attached hydrogen (secondary N) is 1. The lowest BCUT2D eigenvalue weighted by Gasteiger charge is -2.24. The third kappa shape index (κ3) is 15.5. The molecule has 44 heavy (non-hydrogen) atoms. The maximum absolute atomic E-state index is 11.9. The number of rotatable bonds is 25. The van der Waals surface area contributed by atoms with Crippen LogP contribution in [0, 0.1) is 10.1 Å². The molecular formula is C29H52N6O8P+. The van der Waals surface area contributed by atoms with Gasteiger partial charge in [-0.3, -0.25) is 19.2 Å². The number of hydrogen-bond donors (Lipinski definition) is 4. The largest absolute Gasteiger partial charge is 0.472 e. The molecule has 2 rings (SSSR count). The van der Waals surface area contributed by atoms with Crippen molar-refractivity contribution in [2.24, 2.45) is 5.73 Å². The van der Waals surface area contributed by atoms with Crippen molar-refractivity contribution in [3.05, 3.63) is 34.4 Å². The van der Waals surface area contributed by atoms with Crippen molar-refractivity contribution < 1.29 is 37.6 Å². The number of non-ortho nitro benzene ring substituents is 1. The normalized spacial score (nSPS) is 15.0. The number of aliphatic hydroxyl groups excluding tert-OH is 1. The molecule has 250 valence electrons. The van der Waals surface area contributed by atoms with E-state index in [0.29, 0.717) is 22.2 Å². The Morgan fingerprint density at radius 3 is 2.23 bits per heavy atom. The number of nitrogens with two attached hydrogens (primary N) is 1. The maximum Gasteiger partial charge on any atom is 0.472 e. The van der Waals surface area contributed by atoms with Gasteiger partial charge >= 0.3 is 13.5 Å². The predicted octanol–water partition coefficient (Wildman–Crippen LogP) is 5.31. The Morgan fingerprint density at radius 2 is 1.61 bits per heavy atom. The van der Waals surface area contributed by atoms with Crippen LogP contribution in [0.15, 0.2) is 28.9 Å². The summed E-state index contributed by atoms with van der Waals surface area (Å²) < 4.78 is 27.1. The van der Waals surface area contributed by atoms with Gasteiger partial charge < -0.3 is 25.5 Å². The van der Waals surface area contributed by atoms with E-state index in [1.54, 1.807) is 12.1 Å². The quantitative estimate of drug-likeness (QED) is 0.0272. The molecule has 0 bridgehead atoms. The predicted molar refractivity (Wildman–Crippen MR) is 170 cm³/mol. The number of likely N-dealkylation sites (N-methyl/N-ethyl adjacent to an activating group) is 1. The van der Waals surface area contributed by atoms with E-state index in [2.05, 4.69) is 20.3 Å². The molecule has 0 amide bonds. The average Bonchev–Trinajstić information content (AvgIpc) is 3.45. The molecule has 1 aromatic carbocycles. The topological polar surface area (TPSA) is 196 Å². The lowest BCUT2D eigenvalue weighted by atomic mass is 10.0. The summed E-state index contributed by atoms with van der Waals surface area (Å²) in [6.45, 7) is 1.11. The highest BCUT2D eigenvalue weighted by atomic mass is 31.2. The number of nitro groups is 1. The SMILES string of the molecule is C[N+](C)(C)CCOP(=O)(O)OC[C@H](N)[C@H](O)/C=C/CCCCCCCCCCCCCNc1ccc([N+](=O)[O-])c2nonc12. The van der Waals surface area contributed by atoms with Crippen LogP contribution in [0.2, 0.25) is 0 Å². The van der Waals surface area contributed by atoms with Gasteiger partial charge in [0.25, 0.3) is 0 Å². The number of unbranched alkanes of at least 4 members (excludes halogenated alkanes) is 11. The third-order valence-electron chi connectivity index (χ3n) is 7.17. The van der Waals surface area contributed by atoms with Gasteiger partial charge in [0.1, 0.15) is 13.2 Å². The minimum absolute atomic E-state index is 0.0809. The average molecular weight is 644 g/mol. The fourth-order valence-corrected chi connectivity index (χ4v) is 5.22. The zero-order valence-corrected chi connectivity index (χ0v) is 27.3. The molecule has 0 spiro atoms. The fourth-order valence-electron chi connectivity index (χ4n) is 4.47. The minimum atomic E-state index is -4.20. The number of nitro benzene ring substituents is 1. The van der Waals surface area contributed by atoms with E-state index < -0.39 is 24.9 Å². The fraction of sp³-hybridized carbons (Fsp3) is 0.724. The van der Waals surface area contributed by atoms with Crippen molar-refractivity contribution in [1.82, 2.24) is 10.3 Å². The first-order valence-corrected chi connectivity index (χ1v) is 17.1. The molecule has 0 radical (unpaired) electrons. The molecule has 1 heterocycles. The van der Waals surface area contributed by atoms with Crippen LogP contribution in [0.3, 0.4) is 0 Å². The van der Waals surface area contributed by atoms with E-state index in [4.69, 9.17) is 14.8 Å². The molecule has 3 atom stereocenters. The number of aromatic nitrogens is 2. The molecule has 1 aromatic heterocycles. The maximum atomic E-state index is 11.9. The summed E-state index contributed by atoms with van der Waals surface area (Å²) in [6, 6.07) is 2.24. The summed E-state index contributed by atoms with van der Waals surface area (Å²) in [4.78, 5) is 20.3. The minimum Gasteiger partial charge on any atom is -0.387 e. The lowest BCUT2D eigenvalue weighted by molar-refractivity contribution is -0.870. The summed E-state index contributed by atoms with van der Waals surface area (Å²) in [7, 11) is 1.64. The monoisotopic (exact) mass is 643 g/mol. The Kier molecular flexibility index (Phi) is 17.0. The van der Waals surface area contributed by atoms with Gasteiger partial charge in [-0.15, -0.1) is 0 Å². The number of fused-ring (bicyclic) bond motifs is 1. The van der Waals surface area contributed by atoms with Crippen molar-refractivity contribution >= 4 is 30.2 Å². The van der Waals surface area contributed by atoms with E-state index in [0.717, 1.165) is 38.6 Å². The van der Waals surface area contributed by atoms with E-state index in [-0.39, 0.29) is 24.4 Å². The second-order valence-corrected chi connectivity index (χ2v) is 13.6. The Hall–Kier alpha value is -2.45. The first-order chi connectivity index (χ1) is 20.9. The number of quaternary nitrogens is 1. The van der Waals surface area contributed by atoms with Gasteiger partial charge in [-0.25, -0.2) is 9.19 Å². The Labute approximate surface area is 260 Å². The van der Waals surface area contributed by atoms with Crippen molar-refractivity contribution in [3.63, 3.8) is 0 Å². The lowest BCUT2D eigenvalue weighted by Crippen LogP contribution is -2.38. The second kappa shape index (κ2) is 19.8. The molecular weight excluding hydrogens is 591 g/mol. The van der Waals surface area contributed by atoms with Crippen LogP contribution < -0.4 is 11.1 Å². The van der Waals surface area contributed by atoms with E-state index in [1.165, 1.54) is 51.0 Å². The van der Waals surface area contributed by atoms with Gasteiger partial charge in [-0.2, -0.15) is 0 Å². The number of nitrogens with zero attached hydrogens (tertiary/aromatic N) is 4. The summed E-state index contributed by atoms with van der Waals surface area (Å²) in [5, 5.41) is 32.0. The van der Waals surface area contributed by atoms with Crippen molar-refractivity contribution in [2.45, 2.75) is 89.2 Å². The van der Waals surface area contributed by atoms with Crippen LogP contribution in [0.5, 0.6) is 0 Å². The van der Waals surface area contributed by atoms with Crippen LogP contribution in [-0.4, -0.2) is 89.3 Å². The van der Waals surface area contributed by atoms with Crippen LogP contribution in [0.1, 0.15) is 77.0 Å². The number of hydrogen-bond acceptors (Lipinski definition) is 11. The highest BCUT2D eigenvalue weighted by Gasteiger charge is 2.25. The number of phosphoric acid groups is 1. The number of aliphatic hydroxyl groups is 1. The molecule has 15 heteroatoms. The van der Waals surface area contributed by atoms with Crippen molar-refractivity contribution in [2.75, 3.05) is 52.8 Å². The van der Waals surface area contributed by atoms with Gasteiger partial charge in [0.2, 0.25) is 5.52 Å². The van der Waals surface area contributed by atoms with Gasteiger partial charge in [0, 0.05) is 12.6 Å². The second-order valence-electron chi connectivity index (χ2n) is 12.1. The first kappa shape index (κ1) is 37.7. The summed E-state index contributed by atoms with van der Waals surface area (Å²) >= 11 is 0. The number of benzene rings is 1. The zero-order chi connectivity index (χ0) is 32.4. The molecule has 0 saturated carbocycles. The number of phosphoric ester groups is 1. The molecule has 2 aromatic rings. The number of anilines is 1. The van der Waals surface area contributed by atoms with E-state index in [1.807, 2.05) is 27.2 Å². The van der Waals surface area contributed by atoms with Crippen LogP contribution in [0.4, 0.5) is 11.4 Å². The Bertz CT molecular complexity index is 1190. The molecule has 0 aliphatic rings. The summed E-state index contributed by atoms with van der Waals surface area (Å²) in [5.74, 6) is 0. The molecule has 14 nitrogen and oxygen atoms in total. The Balaban J connectivity index is 1.40. The van der Waals surface area contributed by atoms with Crippen molar-refractivity contribution in [3.8, 4) is 0 Å². The van der Waals surface area contributed by atoms with E-state index >= 15 is 0 Å². The van der Waals surface area contributed by atoms with Crippen LogP contribution in [-0.2, 0) is 13.6 Å². The standard InChI is InChI=1S/C29H51N6O8P/c1-35(2,3)21-22-41-44(39,40)42-23-24(30)27(36)17-15-13-11-9-7-5-4-6-8-10-12-14-16-20-31-25-18-19-26(34(37)38)29-28(25)32-43-33-29/h15,17-19,24,27,31,36H,4-14,16,20-23,30H2,1-3H3/p+1/b17-15+/t24-,27+/m0/s1. The molecule has 0 fully saturated rings. The smallest absolute Gasteiger partial charge is 0.387 e. The van der Waals surface area contributed by atoms with Gasteiger partial charge in [-0.05, 0) is 35.6 Å². The first-order valence-electron chi connectivity index (χ1n) is 15.6. The van der Waals surface area contributed by atoms with Crippen LogP contribution in [0.25, 0.3) is 11.0 Å². The van der Waals surface area contributed by atoms with Gasteiger partial charge in [0.15, 0.2) is 5.52 Å².